The van der Waals surface area contributed by atoms with Crippen molar-refractivity contribution in [2.75, 3.05) is 6.54 Å². The first-order chi connectivity index (χ1) is 10.2. The van der Waals surface area contributed by atoms with Gasteiger partial charge in [-0.15, -0.1) is 0 Å². The maximum Gasteiger partial charge on any atom is 0.223 e. The molecule has 112 valence electrons. The zero-order valence-corrected chi connectivity index (χ0v) is 12.2. The molecule has 1 aliphatic rings. The number of phenolic OH excluding ortho intramolecular Hbond substituents is 1. The fourth-order valence-corrected chi connectivity index (χ4v) is 3.20. The number of amides is 1. The molecule has 1 heterocycles. The molecule has 0 unspecified atom stereocenters. The first kappa shape index (κ1) is 14.0. The Kier molecular flexibility index (Phi) is 4.13. The van der Waals surface area contributed by atoms with E-state index in [1.807, 2.05) is 12.3 Å². The standard InChI is InChI=1S/C17H22N2O2/c20-14-6-7-16-15(10-14)13(11-19-16)8-9-18-17(21)12-4-2-1-3-5-12/h6-7,10-12,19-20H,1-5,8-9H2,(H,18,21). The van der Waals surface area contributed by atoms with Gasteiger partial charge in [0.1, 0.15) is 5.75 Å². The van der Waals surface area contributed by atoms with Gasteiger partial charge in [-0.25, -0.2) is 0 Å². The number of carbonyl (C=O) groups excluding carboxylic acids is 1. The van der Waals surface area contributed by atoms with Crippen molar-refractivity contribution in [3.8, 4) is 5.75 Å². The molecule has 0 aliphatic heterocycles. The van der Waals surface area contributed by atoms with Gasteiger partial charge in [0.2, 0.25) is 5.91 Å². The minimum Gasteiger partial charge on any atom is -0.508 e. The first-order valence-corrected chi connectivity index (χ1v) is 7.81. The number of carbonyl (C=O) groups is 1. The maximum absolute atomic E-state index is 12.1. The van der Waals surface area contributed by atoms with E-state index in [0.29, 0.717) is 6.54 Å². The number of aromatic amines is 1. The molecular weight excluding hydrogens is 264 g/mol. The summed E-state index contributed by atoms with van der Waals surface area (Å²) in [5, 5.41) is 13.7. The number of benzene rings is 1. The quantitative estimate of drug-likeness (QED) is 0.808. The molecule has 1 fully saturated rings. The first-order valence-electron chi connectivity index (χ1n) is 7.81. The molecular formula is C17H22N2O2. The molecule has 0 radical (unpaired) electrons. The van der Waals surface area contributed by atoms with E-state index in [4.69, 9.17) is 0 Å². The lowest BCUT2D eigenvalue weighted by Gasteiger charge is -2.20. The Morgan fingerprint density at radius 3 is 2.90 bits per heavy atom. The highest BCUT2D eigenvalue weighted by molar-refractivity contribution is 5.84. The average Bonchev–Trinajstić information content (AvgIpc) is 2.90. The van der Waals surface area contributed by atoms with Crippen LogP contribution in [0, 0.1) is 5.92 Å². The second kappa shape index (κ2) is 6.20. The average molecular weight is 286 g/mol. The lowest BCUT2D eigenvalue weighted by Crippen LogP contribution is -2.33. The van der Waals surface area contributed by atoms with Gasteiger partial charge in [-0.05, 0) is 43.0 Å². The highest BCUT2D eigenvalue weighted by atomic mass is 16.3. The highest BCUT2D eigenvalue weighted by Crippen LogP contribution is 2.24. The summed E-state index contributed by atoms with van der Waals surface area (Å²) in [6, 6.07) is 5.31. The third-order valence-corrected chi connectivity index (χ3v) is 4.42. The summed E-state index contributed by atoms with van der Waals surface area (Å²) in [6.45, 7) is 0.651. The monoisotopic (exact) mass is 286 g/mol. The maximum atomic E-state index is 12.1. The predicted molar refractivity (Wildman–Crippen MR) is 83.3 cm³/mol. The second-order valence-corrected chi connectivity index (χ2v) is 5.92. The number of aromatic nitrogens is 1. The van der Waals surface area contributed by atoms with Crippen LogP contribution in [0.2, 0.25) is 0 Å². The molecule has 4 heteroatoms. The number of hydrogen-bond donors (Lipinski definition) is 3. The van der Waals surface area contributed by atoms with Crippen molar-refractivity contribution in [3.63, 3.8) is 0 Å². The van der Waals surface area contributed by atoms with E-state index in [1.54, 1.807) is 12.1 Å². The van der Waals surface area contributed by atoms with E-state index in [1.165, 1.54) is 19.3 Å². The largest absolute Gasteiger partial charge is 0.508 e. The molecule has 1 aromatic heterocycles. The smallest absolute Gasteiger partial charge is 0.223 e. The Morgan fingerprint density at radius 1 is 1.29 bits per heavy atom. The van der Waals surface area contributed by atoms with Crippen molar-refractivity contribution in [3.05, 3.63) is 30.0 Å². The number of aromatic hydroxyl groups is 1. The molecule has 1 aromatic carbocycles. The number of H-pyrrole nitrogens is 1. The molecule has 4 nitrogen and oxygen atoms in total. The molecule has 1 saturated carbocycles. The van der Waals surface area contributed by atoms with Crippen LogP contribution in [0.25, 0.3) is 10.9 Å². The van der Waals surface area contributed by atoms with Crippen LogP contribution in [-0.2, 0) is 11.2 Å². The van der Waals surface area contributed by atoms with Crippen LogP contribution in [-0.4, -0.2) is 22.5 Å². The lowest BCUT2D eigenvalue weighted by molar-refractivity contribution is -0.125. The normalized spacial score (nSPS) is 16.2. The Balaban J connectivity index is 1.56. The van der Waals surface area contributed by atoms with Crippen molar-refractivity contribution in [1.82, 2.24) is 10.3 Å². The van der Waals surface area contributed by atoms with E-state index < -0.39 is 0 Å². The fraction of sp³-hybridized carbons (Fsp3) is 0.471. The van der Waals surface area contributed by atoms with Gasteiger partial charge >= 0.3 is 0 Å². The van der Waals surface area contributed by atoms with Gasteiger partial charge in [-0.3, -0.25) is 4.79 Å². The number of nitrogens with one attached hydrogen (secondary N) is 2. The molecule has 3 N–H and O–H groups in total. The minimum atomic E-state index is 0.206. The Labute approximate surface area is 124 Å². The van der Waals surface area contributed by atoms with E-state index in [2.05, 4.69) is 10.3 Å². The molecule has 1 aliphatic carbocycles. The van der Waals surface area contributed by atoms with Gasteiger partial charge in [-0.1, -0.05) is 19.3 Å². The van der Waals surface area contributed by atoms with Crippen molar-refractivity contribution >= 4 is 16.8 Å². The molecule has 2 aromatic rings. The second-order valence-electron chi connectivity index (χ2n) is 5.92. The van der Waals surface area contributed by atoms with Gasteiger partial charge in [-0.2, -0.15) is 0 Å². The van der Waals surface area contributed by atoms with Crippen LogP contribution in [0.3, 0.4) is 0 Å². The topological polar surface area (TPSA) is 65.1 Å². The minimum absolute atomic E-state index is 0.206. The number of rotatable bonds is 4. The van der Waals surface area contributed by atoms with Crippen molar-refractivity contribution in [1.29, 1.82) is 0 Å². The van der Waals surface area contributed by atoms with Crippen molar-refractivity contribution < 1.29 is 9.90 Å². The van der Waals surface area contributed by atoms with Crippen LogP contribution in [0.5, 0.6) is 5.75 Å². The third-order valence-electron chi connectivity index (χ3n) is 4.42. The summed E-state index contributed by atoms with van der Waals surface area (Å²) in [5.41, 5.74) is 2.14. The Bertz CT molecular complexity index is 627. The highest BCUT2D eigenvalue weighted by Gasteiger charge is 2.20. The molecule has 0 saturated heterocycles. The molecule has 0 spiro atoms. The molecule has 1 amide bonds. The van der Waals surface area contributed by atoms with Gasteiger partial charge in [0, 0.05) is 29.6 Å². The lowest BCUT2D eigenvalue weighted by atomic mass is 9.88. The van der Waals surface area contributed by atoms with Gasteiger partial charge < -0.3 is 15.4 Å². The summed E-state index contributed by atoms with van der Waals surface area (Å²) in [7, 11) is 0. The van der Waals surface area contributed by atoms with Gasteiger partial charge in [0.15, 0.2) is 0 Å². The van der Waals surface area contributed by atoms with Crippen LogP contribution in [0.4, 0.5) is 0 Å². The van der Waals surface area contributed by atoms with Crippen LogP contribution < -0.4 is 5.32 Å². The van der Waals surface area contributed by atoms with Crippen molar-refractivity contribution in [2.24, 2.45) is 5.92 Å². The number of hydrogen-bond acceptors (Lipinski definition) is 2. The molecule has 3 rings (SSSR count). The molecule has 21 heavy (non-hydrogen) atoms. The van der Waals surface area contributed by atoms with E-state index in [0.717, 1.165) is 35.7 Å². The van der Waals surface area contributed by atoms with Gasteiger partial charge in [0.05, 0.1) is 0 Å². The zero-order chi connectivity index (χ0) is 14.7. The van der Waals surface area contributed by atoms with E-state index in [9.17, 15) is 9.90 Å². The third kappa shape index (κ3) is 3.20. The summed E-state index contributed by atoms with van der Waals surface area (Å²) in [6.07, 6.45) is 8.43. The summed E-state index contributed by atoms with van der Waals surface area (Å²) in [5.74, 6) is 0.692. The number of fused-ring (bicyclic) bond motifs is 1. The fourth-order valence-electron chi connectivity index (χ4n) is 3.20. The summed E-state index contributed by atoms with van der Waals surface area (Å²) >= 11 is 0. The Hall–Kier alpha value is -1.97. The SMILES string of the molecule is O=C(NCCc1c[nH]c2ccc(O)cc12)C1CCCCC1. The van der Waals surface area contributed by atoms with E-state index in [-0.39, 0.29) is 17.6 Å². The molecule has 0 bridgehead atoms. The van der Waals surface area contributed by atoms with E-state index >= 15 is 0 Å². The van der Waals surface area contributed by atoms with Crippen LogP contribution >= 0.6 is 0 Å². The van der Waals surface area contributed by atoms with Crippen LogP contribution in [0.15, 0.2) is 24.4 Å². The molecule has 0 atom stereocenters. The Morgan fingerprint density at radius 2 is 2.10 bits per heavy atom. The predicted octanol–water partition coefficient (Wildman–Crippen LogP) is 3.11. The van der Waals surface area contributed by atoms with Crippen molar-refractivity contribution in [2.45, 2.75) is 38.5 Å². The summed E-state index contributed by atoms with van der Waals surface area (Å²) in [4.78, 5) is 15.3. The van der Waals surface area contributed by atoms with Crippen LogP contribution in [0.1, 0.15) is 37.7 Å². The number of phenols is 1. The summed E-state index contributed by atoms with van der Waals surface area (Å²) < 4.78 is 0. The zero-order valence-electron chi connectivity index (χ0n) is 12.2. The van der Waals surface area contributed by atoms with Gasteiger partial charge in [0.25, 0.3) is 0 Å².